The largest absolute Gasteiger partial charge is 0.399 e. The molecular weight excluding hydrogens is 214 g/mol. The van der Waals surface area contributed by atoms with Gasteiger partial charge in [0.25, 0.3) is 0 Å². The van der Waals surface area contributed by atoms with Crippen LogP contribution in [0.3, 0.4) is 0 Å². The summed E-state index contributed by atoms with van der Waals surface area (Å²) in [5.41, 5.74) is 10.3. The van der Waals surface area contributed by atoms with E-state index < -0.39 is 0 Å². The average molecular weight is 233 g/mol. The van der Waals surface area contributed by atoms with Crippen LogP contribution in [0.1, 0.15) is 24.8 Å². The van der Waals surface area contributed by atoms with Crippen molar-refractivity contribution in [1.82, 2.24) is 10.4 Å². The standard InChI is InChI=1S/C13H19N3O/c14-12-6-4-5-11(9-12)10-13(17)15-16-7-2-1-3-8-16/h4-6,9H,1-3,7-8,10,14H2,(H,15,17). The third kappa shape index (κ3) is 3.75. The molecule has 1 heterocycles. The molecule has 0 radical (unpaired) electrons. The Balaban J connectivity index is 1.84. The highest BCUT2D eigenvalue weighted by molar-refractivity contribution is 5.78. The molecular formula is C13H19N3O. The summed E-state index contributed by atoms with van der Waals surface area (Å²) in [6, 6.07) is 7.47. The second kappa shape index (κ2) is 5.68. The minimum atomic E-state index is 0.0394. The van der Waals surface area contributed by atoms with E-state index in [1.807, 2.05) is 29.3 Å². The van der Waals surface area contributed by atoms with E-state index in [1.165, 1.54) is 19.3 Å². The molecule has 1 aromatic carbocycles. The lowest BCUT2D eigenvalue weighted by atomic mass is 10.1. The van der Waals surface area contributed by atoms with Crippen LogP contribution >= 0.6 is 0 Å². The number of carbonyl (C=O) groups is 1. The van der Waals surface area contributed by atoms with Crippen molar-refractivity contribution in [3.05, 3.63) is 29.8 Å². The number of benzene rings is 1. The van der Waals surface area contributed by atoms with Crippen LogP contribution in [0.2, 0.25) is 0 Å². The Labute approximate surface area is 102 Å². The molecule has 3 N–H and O–H groups in total. The number of piperidine rings is 1. The molecule has 92 valence electrons. The molecule has 1 amide bonds. The van der Waals surface area contributed by atoms with Crippen LogP contribution in [-0.4, -0.2) is 24.0 Å². The Morgan fingerprint density at radius 1 is 1.29 bits per heavy atom. The summed E-state index contributed by atoms with van der Waals surface area (Å²) in [6.45, 7) is 1.92. The van der Waals surface area contributed by atoms with Crippen molar-refractivity contribution in [2.45, 2.75) is 25.7 Å². The zero-order chi connectivity index (χ0) is 12.1. The van der Waals surface area contributed by atoms with Gasteiger partial charge in [-0.15, -0.1) is 0 Å². The van der Waals surface area contributed by atoms with Crippen LogP contribution in [0.25, 0.3) is 0 Å². The van der Waals surface area contributed by atoms with Crippen molar-refractivity contribution in [2.75, 3.05) is 18.8 Å². The summed E-state index contributed by atoms with van der Waals surface area (Å²) in [4.78, 5) is 11.8. The van der Waals surface area contributed by atoms with E-state index >= 15 is 0 Å². The highest BCUT2D eigenvalue weighted by Gasteiger charge is 2.12. The van der Waals surface area contributed by atoms with Crippen LogP contribution in [-0.2, 0) is 11.2 Å². The molecule has 0 unspecified atom stereocenters. The average Bonchev–Trinajstić information content (AvgIpc) is 2.30. The molecule has 4 nitrogen and oxygen atoms in total. The van der Waals surface area contributed by atoms with Crippen LogP contribution in [0.5, 0.6) is 0 Å². The Morgan fingerprint density at radius 3 is 2.76 bits per heavy atom. The van der Waals surface area contributed by atoms with Crippen molar-refractivity contribution in [2.24, 2.45) is 0 Å². The quantitative estimate of drug-likeness (QED) is 0.774. The van der Waals surface area contributed by atoms with Crippen molar-refractivity contribution in [3.8, 4) is 0 Å². The van der Waals surface area contributed by atoms with Gasteiger partial charge in [-0.3, -0.25) is 10.2 Å². The first-order valence-electron chi connectivity index (χ1n) is 6.13. The van der Waals surface area contributed by atoms with Gasteiger partial charge in [0.15, 0.2) is 0 Å². The van der Waals surface area contributed by atoms with Crippen molar-refractivity contribution >= 4 is 11.6 Å². The molecule has 1 saturated heterocycles. The predicted molar refractivity (Wildman–Crippen MR) is 68.1 cm³/mol. The Hall–Kier alpha value is -1.55. The third-order valence-electron chi connectivity index (χ3n) is 2.95. The van der Waals surface area contributed by atoms with Gasteiger partial charge in [-0.25, -0.2) is 5.01 Å². The van der Waals surface area contributed by atoms with Gasteiger partial charge in [-0.05, 0) is 30.5 Å². The molecule has 0 spiro atoms. The van der Waals surface area contributed by atoms with E-state index in [-0.39, 0.29) is 5.91 Å². The number of nitrogens with two attached hydrogens (primary N) is 1. The van der Waals surface area contributed by atoms with Gasteiger partial charge >= 0.3 is 0 Å². The summed E-state index contributed by atoms with van der Waals surface area (Å²) in [5, 5.41) is 2.01. The molecule has 0 aliphatic carbocycles. The van der Waals surface area contributed by atoms with Crippen LogP contribution in [0.4, 0.5) is 5.69 Å². The molecule has 0 aromatic heterocycles. The topological polar surface area (TPSA) is 58.4 Å². The number of anilines is 1. The lowest BCUT2D eigenvalue weighted by Crippen LogP contribution is -2.45. The lowest BCUT2D eigenvalue weighted by molar-refractivity contribution is -0.125. The summed E-state index contributed by atoms with van der Waals surface area (Å²) < 4.78 is 0. The first kappa shape index (κ1) is 11.9. The minimum Gasteiger partial charge on any atom is -0.399 e. The number of nitrogen functional groups attached to an aromatic ring is 1. The molecule has 0 bridgehead atoms. The molecule has 1 aliphatic heterocycles. The number of carbonyl (C=O) groups excluding carboxylic acids is 1. The zero-order valence-electron chi connectivity index (χ0n) is 9.98. The van der Waals surface area contributed by atoms with Crippen molar-refractivity contribution in [3.63, 3.8) is 0 Å². The van der Waals surface area contributed by atoms with E-state index in [1.54, 1.807) is 0 Å². The number of nitrogens with one attached hydrogen (secondary N) is 1. The molecule has 4 heteroatoms. The fraction of sp³-hybridized carbons (Fsp3) is 0.462. The van der Waals surface area contributed by atoms with Gasteiger partial charge in [0.05, 0.1) is 6.42 Å². The van der Waals surface area contributed by atoms with Crippen molar-refractivity contribution < 1.29 is 4.79 Å². The first-order chi connectivity index (χ1) is 8.24. The van der Waals surface area contributed by atoms with Gasteiger partial charge in [0, 0.05) is 18.8 Å². The van der Waals surface area contributed by atoms with Gasteiger partial charge in [0.2, 0.25) is 5.91 Å². The Morgan fingerprint density at radius 2 is 2.06 bits per heavy atom. The normalized spacial score (nSPS) is 16.7. The molecule has 1 aromatic rings. The molecule has 0 saturated carbocycles. The van der Waals surface area contributed by atoms with Crippen LogP contribution in [0, 0.1) is 0 Å². The van der Waals surface area contributed by atoms with E-state index in [2.05, 4.69) is 5.43 Å². The summed E-state index contributed by atoms with van der Waals surface area (Å²) in [6.07, 6.45) is 3.99. The maximum atomic E-state index is 11.8. The minimum absolute atomic E-state index is 0.0394. The smallest absolute Gasteiger partial charge is 0.238 e. The number of hydrogen-bond acceptors (Lipinski definition) is 3. The second-order valence-electron chi connectivity index (χ2n) is 4.50. The van der Waals surface area contributed by atoms with E-state index in [4.69, 9.17) is 5.73 Å². The number of nitrogens with zero attached hydrogens (tertiary/aromatic N) is 1. The highest BCUT2D eigenvalue weighted by atomic mass is 16.2. The molecule has 0 atom stereocenters. The summed E-state index contributed by atoms with van der Waals surface area (Å²) >= 11 is 0. The van der Waals surface area contributed by atoms with Crippen molar-refractivity contribution in [1.29, 1.82) is 0 Å². The van der Waals surface area contributed by atoms with Gasteiger partial charge in [-0.1, -0.05) is 18.6 Å². The van der Waals surface area contributed by atoms with Crippen LogP contribution < -0.4 is 11.2 Å². The lowest BCUT2D eigenvalue weighted by Gasteiger charge is -2.26. The first-order valence-corrected chi connectivity index (χ1v) is 6.13. The number of hydrogen-bond donors (Lipinski definition) is 2. The van der Waals surface area contributed by atoms with Gasteiger partial charge < -0.3 is 5.73 Å². The van der Waals surface area contributed by atoms with Gasteiger partial charge in [-0.2, -0.15) is 0 Å². The highest BCUT2D eigenvalue weighted by Crippen LogP contribution is 2.08. The Kier molecular flexibility index (Phi) is 3.98. The van der Waals surface area contributed by atoms with E-state index in [0.717, 1.165) is 18.7 Å². The maximum Gasteiger partial charge on any atom is 0.238 e. The van der Waals surface area contributed by atoms with E-state index in [0.29, 0.717) is 12.1 Å². The molecule has 17 heavy (non-hydrogen) atoms. The SMILES string of the molecule is Nc1cccc(CC(=O)NN2CCCCC2)c1. The fourth-order valence-corrected chi connectivity index (χ4v) is 2.11. The third-order valence-corrected chi connectivity index (χ3v) is 2.95. The molecule has 2 rings (SSSR count). The Bertz CT molecular complexity index is 386. The predicted octanol–water partition coefficient (Wildman–Crippen LogP) is 1.33. The van der Waals surface area contributed by atoms with Gasteiger partial charge in [0.1, 0.15) is 0 Å². The number of rotatable bonds is 3. The second-order valence-corrected chi connectivity index (χ2v) is 4.50. The van der Waals surface area contributed by atoms with Crippen LogP contribution in [0.15, 0.2) is 24.3 Å². The molecule has 1 fully saturated rings. The number of amides is 1. The fourth-order valence-electron chi connectivity index (χ4n) is 2.11. The van der Waals surface area contributed by atoms with E-state index in [9.17, 15) is 4.79 Å². The number of hydrazine groups is 1. The monoisotopic (exact) mass is 233 g/mol. The molecule has 1 aliphatic rings. The maximum absolute atomic E-state index is 11.8. The summed E-state index contributed by atoms with van der Waals surface area (Å²) in [5.74, 6) is 0.0394. The zero-order valence-corrected chi connectivity index (χ0v) is 9.98. The summed E-state index contributed by atoms with van der Waals surface area (Å²) in [7, 11) is 0.